The maximum atomic E-state index is 13.5. The van der Waals surface area contributed by atoms with Crippen LogP contribution >= 0.6 is 0 Å². The Morgan fingerprint density at radius 3 is 2.60 bits per heavy atom. The van der Waals surface area contributed by atoms with Crippen LogP contribution in [0.1, 0.15) is 69.4 Å². The van der Waals surface area contributed by atoms with Gasteiger partial charge in [-0.05, 0) is 60.6 Å². The van der Waals surface area contributed by atoms with Gasteiger partial charge < -0.3 is 5.11 Å². The number of amides is 1. The molecule has 0 atom stereocenters. The summed E-state index contributed by atoms with van der Waals surface area (Å²) in [6.45, 7) is 4.86. The molecular weight excluding hydrogens is 372 g/mol. The summed E-state index contributed by atoms with van der Waals surface area (Å²) in [5.41, 5.74) is 3.89. The highest BCUT2D eigenvalue weighted by Crippen LogP contribution is 2.39. The summed E-state index contributed by atoms with van der Waals surface area (Å²) >= 11 is 0. The molecule has 2 aromatic carbocycles. The predicted octanol–water partition coefficient (Wildman–Crippen LogP) is 6.00. The van der Waals surface area contributed by atoms with E-state index in [4.69, 9.17) is 4.99 Å². The first-order valence-electron chi connectivity index (χ1n) is 11.3. The van der Waals surface area contributed by atoms with Crippen LogP contribution in [0, 0.1) is 6.92 Å². The number of carbonyl (C=O) groups is 1. The third-order valence-corrected chi connectivity index (χ3v) is 6.52. The number of aromatic hydroxyl groups is 1. The summed E-state index contributed by atoms with van der Waals surface area (Å²) in [6, 6.07) is 13.7. The highest BCUT2D eigenvalue weighted by atomic mass is 16.3. The lowest BCUT2D eigenvalue weighted by Gasteiger charge is -2.29. The van der Waals surface area contributed by atoms with Crippen LogP contribution in [0.3, 0.4) is 0 Å². The van der Waals surface area contributed by atoms with Crippen molar-refractivity contribution in [1.29, 1.82) is 0 Å². The first-order chi connectivity index (χ1) is 14.5. The second kappa shape index (κ2) is 8.63. The van der Waals surface area contributed by atoms with Gasteiger partial charge >= 0.3 is 0 Å². The first-order valence-corrected chi connectivity index (χ1v) is 11.3. The van der Waals surface area contributed by atoms with Crippen molar-refractivity contribution in [3.63, 3.8) is 0 Å². The van der Waals surface area contributed by atoms with Crippen molar-refractivity contribution in [1.82, 2.24) is 4.90 Å². The van der Waals surface area contributed by atoms with Gasteiger partial charge in [0, 0.05) is 6.42 Å². The van der Waals surface area contributed by atoms with E-state index in [9.17, 15) is 9.90 Å². The molecule has 0 unspecified atom stereocenters. The van der Waals surface area contributed by atoms with Gasteiger partial charge in [-0.3, -0.25) is 14.7 Å². The van der Waals surface area contributed by atoms with E-state index in [1.807, 2.05) is 17.0 Å². The number of unbranched alkanes of at least 4 members (excludes halogenated alkanes) is 1. The molecule has 2 aromatic rings. The molecule has 4 heteroatoms. The predicted molar refractivity (Wildman–Crippen MR) is 122 cm³/mol. The Bertz CT molecular complexity index is 957. The van der Waals surface area contributed by atoms with E-state index in [1.54, 1.807) is 12.1 Å². The standard InChI is InChI=1S/C26H32N2O2/c1-3-4-11-24-27-26(14-6-5-7-15-26)25(30)28(24)18-20-12-13-23(19(2)16-20)21-9-8-10-22(29)17-21/h8-10,12-13,16-17,29H,3-7,11,14-15,18H2,1-2H3. The fraction of sp³-hybridized carbons (Fsp3) is 0.462. The van der Waals surface area contributed by atoms with Gasteiger partial charge in [-0.1, -0.05) is 62.9 Å². The van der Waals surface area contributed by atoms with Crippen molar-refractivity contribution >= 4 is 11.7 Å². The summed E-state index contributed by atoms with van der Waals surface area (Å²) in [6.07, 6.45) is 8.25. The maximum Gasteiger partial charge on any atom is 0.256 e. The van der Waals surface area contributed by atoms with E-state index in [2.05, 4.69) is 32.0 Å². The van der Waals surface area contributed by atoms with Crippen LogP contribution in [0.15, 0.2) is 47.5 Å². The van der Waals surface area contributed by atoms with E-state index < -0.39 is 5.54 Å². The lowest BCUT2D eigenvalue weighted by molar-refractivity contribution is -0.132. The van der Waals surface area contributed by atoms with Gasteiger partial charge in [0.25, 0.3) is 5.91 Å². The fourth-order valence-corrected chi connectivity index (χ4v) is 4.88. The number of phenolic OH excluding ortho intramolecular Hbond substituents is 1. The molecule has 4 nitrogen and oxygen atoms in total. The molecule has 4 rings (SSSR count). The Labute approximate surface area is 179 Å². The molecule has 1 fully saturated rings. The number of rotatable bonds is 6. The van der Waals surface area contributed by atoms with Crippen molar-refractivity contribution in [2.24, 2.45) is 4.99 Å². The molecule has 0 radical (unpaired) electrons. The van der Waals surface area contributed by atoms with Crippen molar-refractivity contribution in [2.75, 3.05) is 0 Å². The smallest absolute Gasteiger partial charge is 0.256 e. The summed E-state index contributed by atoms with van der Waals surface area (Å²) in [5, 5.41) is 9.80. The molecule has 1 heterocycles. The van der Waals surface area contributed by atoms with Crippen molar-refractivity contribution in [3.8, 4) is 16.9 Å². The monoisotopic (exact) mass is 404 g/mol. The van der Waals surface area contributed by atoms with Crippen LogP contribution in [0.25, 0.3) is 11.1 Å². The number of carbonyl (C=O) groups excluding carboxylic acids is 1. The first kappa shape index (κ1) is 20.6. The van der Waals surface area contributed by atoms with Crippen LogP contribution in [-0.4, -0.2) is 27.3 Å². The van der Waals surface area contributed by atoms with Crippen molar-refractivity contribution in [2.45, 2.75) is 77.3 Å². The minimum atomic E-state index is -0.488. The average Bonchev–Trinajstić information content (AvgIpc) is 2.98. The Kier molecular flexibility index (Phi) is 5.94. The number of phenols is 1. The number of amidine groups is 1. The normalized spacial score (nSPS) is 18.1. The van der Waals surface area contributed by atoms with Crippen LogP contribution in [0.5, 0.6) is 5.75 Å². The molecule has 1 amide bonds. The number of benzene rings is 2. The molecule has 1 N–H and O–H groups in total. The van der Waals surface area contributed by atoms with Gasteiger partial charge in [-0.25, -0.2) is 0 Å². The van der Waals surface area contributed by atoms with E-state index in [1.165, 1.54) is 6.42 Å². The summed E-state index contributed by atoms with van der Waals surface area (Å²) in [7, 11) is 0. The molecule has 0 bridgehead atoms. The number of aliphatic imine (C=N–C) groups is 1. The molecule has 1 saturated carbocycles. The van der Waals surface area contributed by atoms with Crippen LogP contribution in [0.2, 0.25) is 0 Å². The van der Waals surface area contributed by atoms with Crippen LogP contribution in [-0.2, 0) is 11.3 Å². The maximum absolute atomic E-state index is 13.5. The molecule has 1 spiro atoms. The third kappa shape index (κ3) is 4.00. The van der Waals surface area contributed by atoms with Gasteiger partial charge in [0.2, 0.25) is 0 Å². The van der Waals surface area contributed by atoms with E-state index >= 15 is 0 Å². The zero-order chi connectivity index (χ0) is 21.1. The molecule has 1 aliphatic carbocycles. The lowest BCUT2D eigenvalue weighted by atomic mass is 9.82. The Balaban J connectivity index is 1.58. The minimum Gasteiger partial charge on any atom is -0.508 e. The third-order valence-electron chi connectivity index (χ3n) is 6.52. The molecular formula is C26H32N2O2. The van der Waals surface area contributed by atoms with Crippen molar-refractivity contribution < 1.29 is 9.90 Å². The fourth-order valence-electron chi connectivity index (χ4n) is 4.88. The molecule has 0 aromatic heterocycles. The van der Waals surface area contributed by atoms with Crippen LogP contribution in [0.4, 0.5) is 0 Å². The van der Waals surface area contributed by atoms with E-state index in [-0.39, 0.29) is 11.7 Å². The van der Waals surface area contributed by atoms with Gasteiger partial charge in [0.1, 0.15) is 17.1 Å². The Morgan fingerprint density at radius 1 is 1.10 bits per heavy atom. The number of hydrogen-bond acceptors (Lipinski definition) is 3. The molecule has 0 saturated heterocycles. The molecule has 2 aliphatic rings. The Hall–Kier alpha value is -2.62. The second-order valence-corrected chi connectivity index (χ2v) is 8.81. The van der Waals surface area contributed by atoms with Crippen LogP contribution < -0.4 is 0 Å². The summed E-state index contributed by atoms with van der Waals surface area (Å²) < 4.78 is 0. The quantitative estimate of drug-likeness (QED) is 0.642. The van der Waals surface area contributed by atoms with Gasteiger partial charge in [0.15, 0.2) is 0 Å². The zero-order valence-corrected chi connectivity index (χ0v) is 18.2. The summed E-state index contributed by atoms with van der Waals surface area (Å²) in [5.74, 6) is 1.47. The van der Waals surface area contributed by atoms with E-state index in [0.717, 1.165) is 73.0 Å². The van der Waals surface area contributed by atoms with Gasteiger partial charge in [0.05, 0.1) is 6.54 Å². The molecule has 1 aliphatic heterocycles. The lowest BCUT2D eigenvalue weighted by Crippen LogP contribution is -2.43. The van der Waals surface area contributed by atoms with E-state index in [0.29, 0.717) is 6.54 Å². The number of nitrogens with zero attached hydrogens (tertiary/aromatic N) is 2. The van der Waals surface area contributed by atoms with Gasteiger partial charge in [-0.2, -0.15) is 0 Å². The summed E-state index contributed by atoms with van der Waals surface area (Å²) in [4.78, 5) is 20.5. The minimum absolute atomic E-state index is 0.211. The molecule has 30 heavy (non-hydrogen) atoms. The highest BCUT2D eigenvalue weighted by Gasteiger charge is 2.48. The SMILES string of the molecule is CCCCC1=NC2(CCCCC2)C(=O)N1Cc1ccc(-c2cccc(O)c2)c(C)c1. The van der Waals surface area contributed by atoms with Gasteiger partial charge in [-0.15, -0.1) is 0 Å². The topological polar surface area (TPSA) is 52.9 Å². The van der Waals surface area contributed by atoms with Crippen molar-refractivity contribution in [3.05, 3.63) is 53.6 Å². The Morgan fingerprint density at radius 2 is 1.90 bits per heavy atom. The molecule has 158 valence electrons. The zero-order valence-electron chi connectivity index (χ0n) is 18.2. The number of aryl methyl sites for hydroxylation is 1. The highest BCUT2D eigenvalue weighted by molar-refractivity contribution is 6.08. The average molecular weight is 405 g/mol. The largest absolute Gasteiger partial charge is 0.508 e. The second-order valence-electron chi connectivity index (χ2n) is 8.81. The number of hydrogen-bond donors (Lipinski definition) is 1.